The van der Waals surface area contributed by atoms with E-state index in [1.54, 1.807) is 19.4 Å². The van der Waals surface area contributed by atoms with Gasteiger partial charge < -0.3 is 14.6 Å². The van der Waals surface area contributed by atoms with E-state index in [1.807, 2.05) is 42.5 Å². The minimum Gasteiger partial charge on any atom is -0.496 e. The van der Waals surface area contributed by atoms with Gasteiger partial charge in [-0.15, -0.1) is 0 Å². The Morgan fingerprint density at radius 3 is 2.75 bits per heavy atom. The van der Waals surface area contributed by atoms with Crippen molar-refractivity contribution in [3.05, 3.63) is 77.9 Å². The molecule has 3 aromatic rings. The first-order chi connectivity index (χ1) is 11.8. The number of aromatic nitrogens is 2. The number of benzene rings is 1. The van der Waals surface area contributed by atoms with E-state index in [0.717, 1.165) is 11.3 Å². The van der Waals surface area contributed by atoms with E-state index >= 15 is 0 Å². The van der Waals surface area contributed by atoms with Gasteiger partial charge in [0.05, 0.1) is 31.0 Å². The summed E-state index contributed by atoms with van der Waals surface area (Å²) in [5.41, 5.74) is 2.15. The molecule has 0 saturated carbocycles. The first-order valence-electron chi connectivity index (χ1n) is 7.50. The second-order valence-corrected chi connectivity index (χ2v) is 5.16. The molecule has 0 bridgehead atoms. The number of pyridine rings is 1. The average molecular weight is 323 g/mol. The van der Waals surface area contributed by atoms with Crippen molar-refractivity contribution in [3.8, 4) is 5.75 Å². The molecule has 0 fully saturated rings. The predicted octanol–water partition coefficient (Wildman–Crippen LogP) is 2.53. The number of rotatable bonds is 6. The third-order valence-electron chi connectivity index (χ3n) is 3.57. The number of nitrogens with zero attached hydrogens (tertiary/aromatic N) is 2. The second kappa shape index (κ2) is 7.41. The lowest BCUT2D eigenvalue weighted by Gasteiger charge is -2.20. The first-order valence-corrected chi connectivity index (χ1v) is 7.50. The van der Waals surface area contributed by atoms with Crippen LogP contribution in [-0.2, 0) is 11.2 Å². The highest BCUT2D eigenvalue weighted by Crippen LogP contribution is 2.28. The molecule has 24 heavy (non-hydrogen) atoms. The summed E-state index contributed by atoms with van der Waals surface area (Å²) in [6, 6.07) is 14.4. The molecule has 0 aliphatic rings. The molecule has 6 nitrogen and oxygen atoms in total. The monoisotopic (exact) mass is 323 g/mol. The Bertz CT molecular complexity index is 788. The Hall–Kier alpha value is -3.15. The van der Waals surface area contributed by atoms with Crippen LogP contribution >= 0.6 is 0 Å². The number of carbonyl (C=O) groups excluding carboxylic acids is 1. The molecule has 1 amide bonds. The Morgan fingerprint density at radius 2 is 2.04 bits per heavy atom. The third kappa shape index (κ3) is 3.60. The van der Waals surface area contributed by atoms with Gasteiger partial charge in [0, 0.05) is 17.8 Å². The molecule has 0 aliphatic carbocycles. The van der Waals surface area contributed by atoms with Crippen molar-refractivity contribution in [2.75, 3.05) is 7.11 Å². The minimum absolute atomic E-state index is 0.134. The number of ether oxygens (including phenoxy) is 1. The molecule has 0 unspecified atom stereocenters. The lowest BCUT2D eigenvalue weighted by molar-refractivity contribution is -0.121. The highest BCUT2D eigenvalue weighted by atomic mass is 16.5. The van der Waals surface area contributed by atoms with Crippen LogP contribution in [0.15, 0.2) is 65.5 Å². The molecule has 0 radical (unpaired) electrons. The van der Waals surface area contributed by atoms with Gasteiger partial charge in [-0.25, -0.2) is 0 Å². The zero-order chi connectivity index (χ0) is 16.8. The highest BCUT2D eigenvalue weighted by molar-refractivity contribution is 5.79. The van der Waals surface area contributed by atoms with Crippen LogP contribution in [0.1, 0.15) is 23.0 Å². The van der Waals surface area contributed by atoms with Gasteiger partial charge in [-0.1, -0.05) is 29.4 Å². The number of para-hydroxylation sites is 1. The van der Waals surface area contributed by atoms with Crippen LogP contribution in [0.25, 0.3) is 0 Å². The summed E-state index contributed by atoms with van der Waals surface area (Å²) in [7, 11) is 1.60. The molecule has 2 heterocycles. The molecule has 122 valence electrons. The van der Waals surface area contributed by atoms with Gasteiger partial charge in [-0.3, -0.25) is 9.78 Å². The fourth-order valence-corrected chi connectivity index (χ4v) is 2.47. The molecule has 6 heteroatoms. The number of methoxy groups -OCH3 is 1. The van der Waals surface area contributed by atoms with E-state index in [9.17, 15) is 4.79 Å². The molecule has 1 N–H and O–H groups in total. The van der Waals surface area contributed by atoms with Crippen molar-refractivity contribution in [2.24, 2.45) is 0 Å². The van der Waals surface area contributed by atoms with Crippen LogP contribution in [0.4, 0.5) is 0 Å². The molecular formula is C18H17N3O3. The maximum Gasteiger partial charge on any atom is 0.226 e. The van der Waals surface area contributed by atoms with E-state index in [1.165, 1.54) is 6.26 Å². The highest BCUT2D eigenvalue weighted by Gasteiger charge is 2.21. The van der Waals surface area contributed by atoms with Crippen molar-refractivity contribution >= 4 is 5.91 Å². The summed E-state index contributed by atoms with van der Waals surface area (Å²) >= 11 is 0. The number of amides is 1. The van der Waals surface area contributed by atoms with Gasteiger partial charge in [-0.2, -0.15) is 0 Å². The standard InChI is InChI=1S/C18H17N3O3/c1-23-16-8-3-2-6-14(16)18(15-7-4-5-10-19-15)20-17(22)12-13-9-11-24-21-13/h2-11,18H,12H2,1H3,(H,20,22)/t18-/m0/s1. The molecule has 0 aliphatic heterocycles. The van der Waals surface area contributed by atoms with Gasteiger partial charge in [0.15, 0.2) is 0 Å². The predicted molar refractivity (Wildman–Crippen MR) is 87.4 cm³/mol. The van der Waals surface area contributed by atoms with Crippen molar-refractivity contribution in [1.82, 2.24) is 15.5 Å². The maximum absolute atomic E-state index is 12.4. The fraction of sp³-hybridized carbons (Fsp3) is 0.167. The Balaban J connectivity index is 1.89. The first kappa shape index (κ1) is 15.7. The molecule has 0 spiro atoms. The topological polar surface area (TPSA) is 77.2 Å². The number of nitrogens with one attached hydrogen (secondary N) is 1. The van der Waals surface area contributed by atoms with Crippen LogP contribution < -0.4 is 10.1 Å². The quantitative estimate of drug-likeness (QED) is 0.754. The average Bonchev–Trinajstić information content (AvgIpc) is 3.13. The summed E-state index contributed by atoms with van der Waals surface area (Å²) in [6.45, 7) is 0. The summed E-state index contributed by atoms with van der Waals surface area (Å²) in [6.07, 6.45) is 3.27. The number of hydrogen-bond donors (Lipinski definition) is 1. The molecule has 1 atom stereocenters. The summed E-state index contributed by atoms with van der Waals surface area (Å²) in [4.78, 5) is 16.8. The van der Waals surface area contributed by atoms with Crippen molar-refractivity contribution < 1.29 is 14.1 Å². The van der Waals surface area contributed by atoms with Crippen LogP contribution in [-0.4, -0.2) is 23.2 Å². The van der Waals surface area contributed by atoms with Gasteiger partial charge in [0.1, 0.15) is 12.0 Å². The van der Waals surface area contributed by atoms with E-state index in [4.69, 9.17) is 9.26 Å². The Morgan fingerprint density at radius 1 is 1.21 bits per heavy atom. The lowest BCUT2D eigenvalue weighted by atomic mass is 10.0. The third-order valence-corrected chi connectivity index (χ3v) is 3.57. The second-order valence-electron chi connectivity index (χ2n) is 5.16. The Kier molecular flexibility index (Phi) is 4.86. The van der Waals surface area contributed by atoms with Gasteiger partial charge in [0.2, 0.25) is 5.91 Å². The van der Waals surface area contributed by atoms with E-state index < -0.39 is 6.04 Å². The van der Waals surface area contributed by atoms with E-state index in [-0.39, 0.29) is 12.3 Å². The SMILES string of the molecule is COc1ccccc1[C@H](NC(=O)Cc1ccon1)c1ccccn1. The van der Waals surface area contributed by atoms with Crippen LogP contribution in [0.3, 0.4) is 0 Å². The zero-order valence-corrected chi connectivity index (χ0v) is 13.2. The summed E-state index contributed by atoms with van der Waals surface area (Å²) in [5, 5.41) is 6.77. The van der Waals surface area contributed by atoms with Crippen LogP contribution in [0.5, 0.6) is 5.75 Å². The van der Waals surface area contributed by atoms with Crippen LogP contribution in [0.2, 0.25) is 0 Å². The fourth-order valence-electron chi connectivity index (χ4n) is 2.47. The van der Waals surface area contributed by atoms with Crippen molar-refractivity contribution in [3.63, 3.8) is 0 Å². The molecular weight excluding hydrogens is 306 g/mol. The van der Waals surface area contributed by atoms with Gasteiger partial charge >= 0.3 is 0 Å². The largest absolute Gasteiger partial charge is 0.496 e. The molecule has 2 aromatic heterocycles. The van der Waals surface area contributed by atoms with Gasteiger partial charge in [0.25, 0.3) is 0 Å². The van der Waals surface area contributed by atoms with E-state index in [0.29, 0.717) is 11.4 Å². The molecule has 1 aromatic carbocycles. The number of carbonyl (C=O) groups is 1. The van der Waals surface area contributed by atoms with Crippen molar-refractivity contribution in [2.45, 2.75) is 12.5 Å². The lowest BCUT2D eigenvalue weighted by Crippen LogP contribution is -2.31. The Labute approximate surface area is 139 Å². The van der Waals surface area contributed by atoms with Gasteiger partial charge in [-0.05, 0) is 18.2 Å². The minimum atomic E-state index is -0.415. The summed E-state index contributed by atoms with van der Waals surface area (Å²) in [5.74, 6) is 0.514. The zero-order valence-electron chi connectivity index (χ0n) is 13.2. The summed E-state index contributed by atoms with van der Waals surface area (Å²) < 4.78 is 10.2. The van der Waals surface area contributed by atoms with Crippen molar-refractivity contribution in [1.29, 1.82) is 0 Å². The van der Waals surface area contributed by atoms with E-state index in [2.05, 4.69) is 15.5 Å². The number of hydrogen-bond acceptors (Lipinski definition) is 5. The molecule has 3 rings (SSSR count). The van der Waals surface area contributed by atoms with Crippen LogP contribution in [0, 0.1) is 0 Å². The maximum atomic E-state index is 12.4. The normalized spacial score (nSPS) is 11.7. The smallest absolute Gasteiger partial charge is 0.226 e. The molecule has 0 saturated heterocycles.